The highest BCUT2D eigenvalue weighted by atomic mass is 19.1. The molecule has 170 valence electrons. The van der Waals surface area contributed by atoms with E-state index in [4.69, 9.17) is 4.42 Å². The molecule has 0 radical (unpaired) electrons. The molecule has 0 spiro atoms. The maximum absolute atomic E-state index is 12.0. The van der Waals surface area contributed by atoms with E-state index < -0.39 is 0 Å². The summed E-state index contributed by atoms with van der Waals surface area (Å²) in [6, 6.07) is 10.4. The van der Waals surface area contributed by atoms with Gasteiger partial charge in [-0.1, -0.05) is 51.1 Å². The zero-order valence-electron chi connectivity index (χ0n) is 19.9. The molecular formula is C25H41FN2O2. The third-order valence-electron chi connectivity index (χ3n) is 3.83. The second-order valence-corrected chi connectivity index (χ2v) is 6.19. The molecule has 0 fully saturated rings. The molecule has 0 atom stereocenters. The minimum Gasteiger partial charge on any atom is -0.466 e. The Labute approximate surface area is 183 Å². The first-order valence-corrected chi connectivity index (χ1v) is 10.6. The molecule has 1 aromatic heterocycles. The Hall–Kier alpha value is -2.40. The average Bonchev–Trinajstić information content (AvgIpc) is 3.12. The van der Waals surface area contributed by atoms with Crippen LogP contribution in [-0.4, -0.2) is 26.2 Å². The highest BCUT2D eigenvalue weighted by molar-refractivity contribution is 5.95. The highest BCUT2D eigenvalue weighted by Gasteiger charge is 2.12. The van der Waals surface area contributed by atoms with Gasteiger partial charge in [0.25, 0.3) is 5.91 Å². The van der Waals surface area contributed by atoms with Crippen molar-refractivity contribution < 1.29 is 13.6 Å². The summed E-state index contributed by atoms with van der Waals surface area (Å²) in [4.78, 5) is 12.0. The van der Waals surface area contributed by atoms with Crippen molar-refractivity contribution in [3.63, 3.8) is 0 Å². The second-order valence-electron chi connectivity index (χ2n) is 6.19. The minimum atomic E-state index is -0.0602. The van der Waals surface area contributed by atoms with E-state index in [2.05, 4.69) is 48.4 Å². The Morgan fingerprint density at radius 1 is 1.13 bits per heavy atom. The molecular weight excluding hydrogens is 379 g/mol. The van der Waals surface area contributed by atoms with Crippen LogP contribution in [0.3, 0.4) is 0 Å². The quantitative estimate of drug-likeness (QED) is 0.396. The number of nitrogens with one attached hydrogen (secondary N) is 2. The fourth-order valence-electron chi connectivity index (χ4n) is 2.56. The van der Waals surface area contributed by atoms with Gasteiger partial charge in [0, 0.05) is 13.1 Å². The molecule has 2 N–H and O–H groups in total. The number of carbonyl (C=O) groups is 1. The van der Waals surface area contributed by atoms with Gasteiger partial charge in [-0.15, -0.1) is 6.58 Å². The van der Waals surface area contributed by atoms with Crippen molar-refractivity contribution >= 4 is 5.91 Å². The summed E-state index contributed by atoms with van der Waals surface area (Å²) in [5, 5.41) is 6.34. The first-order valence-electron chi connectivity index (χ1n) is 10.6. The van der Waals surface area contributed by atoms with Gasteiger partial charge in [0.15, 0.2) is 0 Å². The number of carbonyl (C=O) groups excluding carboxylic acids is 1. The number of hydrogen-bond acceptors (Lipinski definition) is 3. The molecule has 2 aromatic rings. The van der Waals surface area contributed by atoms with Gasteiger partial charge in [0.1, 0.15) is 11.5 Å². The number of hydrogen-bond donors (Lipinski definition) is 2. The number of alkyl halides is 1. The molecule has 5 heteroatoms. The summed E-state index contributed by atoms with van der Waals surface area (Å²) in [6.45, 7) is 17.5. The van der Waals surface area contributed by atoms with Crippen molar-refractivity contribution in [2.75, 3.05) is 20.3 Å². The van der Waals surface area contributed by atoms with Gasteiger partial charge in [-0.2, -0.15) is 0 Å². The number of halogens is 1. The topological polar surface area (TPSA) is 54.3 Å². The largest absolute Gasteiger partial charge is 0.466 e. The number of aryl methyl sites for hydroxylation is 3. The van der Waals surface area contributed by atoms with Crippen LogP contribution in [0.1, 0.15) is 67.1 Å². The monoisotopic (exact) mass is 420 g/mol. The van der Waals surface area contributed by atoms with E-state index in [0.717, 1.165) is 31.7 Å². The van der Waals surface area contributed by atoms with Crippen LogP contribution in [0.15, 0.2) is 47.4 Å². The predicted octanol–water partition coefficient (Wildman–Crippen LogP) is 6.17. The molecule has 0 aliphatic heterocycles. The van der Waals surface area contributed by atoms with E-state index in [-0.39, 0.29) is 5.91 Å². The SMILES string of the molecule is C=CC.CC.CCc1cccc(CNCCCNC(=O)c2cc(C)oc2C)c1.CF. The van der Waals surface area contributed by atoms with Crippen molar-refractivity contribution in [3.05, 3.63) is 71.2 Å². The Kier molecular flexibility index (Phi) is 19.8. The third kappa shape index (κ3) is 12.9. The van der Waals surface area contributed by atoms with E-state index in [1.165, 1.54) is 11.1 Å². The van der Waals surface area contributed by atoms with Crippen molar-refractivity contribution in [2.45, 2.75) is 60.9 Å². The Bertz CT molecular complexity index is 696. The molecule has 0 saturated heterocycles. The standard InChI is InChI=1S/C19H26N2O2.C3H6.C2H6.CH3F/c1-4-16-7-5-8-17(12-16)13-20-9-6-10-21-19(22)18-11-14(2)23-15(18)3;1-3-2;2*1-2/h5,7-8,11-12,20H,4,6,9-10,13H2,1-3H3,(H,21,22);3H,1H2,2H3;1-2H3;1H3. The number of amides is 1. The number of rotatable bonds is 8. The molecule has 0 saturated carbocycles. The minimum absolute atomic E-state index is 0.0602. The summed E-state index contributed by atoms with van der Waals surface area (Å²) < 4.78 is 14.9. The van der Waals surface area contributed by atoms with Gasteiger partial charge in [0.05, 0.1) is 12.7 Å². The number of benzene rings is 1. The van der Waals surface area contributed by atoms with Crippen molar-refractivity contribution in [2.24, 2.45) is 0 Å². The molecule has 0 aliphatic rings. The van der Waals surface area contributed by atoms with Crippen LogP contribution in [-0.2, 0) is 13.0 Å². The zero-order chi connectivity index (χ0) is 23.4. The molecule has 1 heterocycles. The van der Waals surface area contributed by atoms with Crippen LogP contribution in [0, 0.1) is 13.8 Å². The second kappa shape index (κ2) is 19.9. The first kappa shape index (κ1) is 29.8. The normalized spacial score (nSPS) is 9.07. The molecule has 0 aliphatic carbocycles. The van der Waals surface area contributed by atoms with E-state index in [0.29, 0.717) is 25.0 Å². The lowest BCUT2D eigenvalue weighted by Crippen LogP contribution is -2.27. The van der Waals surface area contributed by atoms with E-state index in [1.807, 2.05) is 34.6 Å². The van der Waals surface area contributed by atoms with E-state index in [1.54, 1.807) is 12.1 Å². The molecule has 1 amide bonds. The third-order valence-corrected chi connectivity index (χ3v) is 3.83. The molecule has 30 heavy (non-hydrogen) atoms. The number of furan rings is 1. The maximum atomic E-state index is 12.0. The smallest absolute Gasteiger partial charge is 0.254 e. The molecule has 1 aromatic carbocycles. The summed E-state index contributed by atoms with van der Waals surface area (Å²) in [5.41, 5.74) is 3.30. The summed E-state index contributed by atoms with van der Waals surface area (Å²) in [6.07, 6.45) is 3.71. The Morgan fingerprint density at radius 2 is 1.73 bits per heavy atom. The average molecular weight is 421 g/mol. The van der Waals surface area contributed by atoms with Crippen molar-refractivity contribution in [3.8, 4) is 0 Å². The first-order chi connectivity index (χ1) is 14.5. The predicted molar refractivity (Wildman–Crippen MR) is 127 cm³/mol. The van der Waals surface area contributed by atoms with Gasteiger partial charge in [-0.3, -0.25) is 9.18 Å². The van der Waals surface area contributed by atoms with Gasteiger partial charge in [0.2, 0.25) is 0 Å². The van der Waals surface area contributed by atoms with Crippen LogP contribution < -0.4 is 10.6 Å². The molecule has 4 nitrogen and oxygen atoms in total. The number of allylic oxidation sites excluding steroid dienone is 1. The van der Waals surface area contributed by atoms with Crippen LogP contribution in [0.5, 0.6) is 0 Å². The van der Waals surface area contributed by atoms with Crippen molar-refractivity contribution in [1.29, 1.82) is 0 Å². The fraction of sp³-hybridized carbons (Fsp3) is 0.480. The summed E-state index contributed by atoms with van der Waals surface area (Å²) in [7, 11) is 0.500. The van der Waals surface area contributed by atoms with E-state index >= 15 is 0 Å². The highest BCUT2D eigenvalue weighted by Crippen LogP contribution is 2.13. The molecule has 2 rings (SSSR count). The Balaban J connectivity index is 0. The lowest BCUT2D eigenvalue weighted by molar-refractivity contribution is 0.0951. The fourth-order valence-corrected chi connectivity index (χ4v) is 2.56. The van der Waals surface area contributed by atoms with Gasteiger partial charge in [-0.25, -0.2) is 0 Å². The molecule has 0 unspecified atom stereocenters. The van der Waals surface area contributed by atoms with Crippen LogP contribution in [0.25, 0.3) is 0 Å². The van der Waals surface area contributed by atoms with Gasteiger partial charge < -0.3 is 15.1 Å². The summed E-state index contributed by atoms with van der Waals surface area (Å²) >= 11 is 0. The lowest BCUT2D eigenvalue weighted by atomic mass is 10.1. The summed E-state index contributed by atoms with van der Waals surface area (Å²) in [5.74, 6) is 1.38. The molecule has 0 bridgehead atoms. The van der Waals surface area contributed by atoms with Gasteiger partial charge in [-0.05, 0) is 57.4 Å². The van der Waals surface area contributed by atoms with E-state index in [9.17, 15) is 9.18 Å². The van der Waals surface area contributed by atoms with Gasteiger partial charge >= 0.3 is 0 Å². The van der Waals surface area contributed by atoms with Crippen molar-refractivity contribution in [1.82, 2.24) is 10.6 Å². The van der Waals surface area contributed by atoms with Crippen LogP contribution in [0.2, 0.25) is 0 Å². The Morgan fingerprint density at radius 3 is 2.27 bits per heavy atom. The maximum Gasteiger partial charge on any atom is 0.254 e. The van der Waals surface area contributed by atoms with Crippen LogP contribution in [0.4, 0.5) is 4.39 Å². The lowest BCUT2D eigenvalue weighted by Gasteiger charge is -2.07. The van der Waals surface area contributed by atoms with Crippen LogP contribution >= 0.6 is 0 Å². The zero-order valence-corrected chi connectivity index (χ0v) is 19.9.